The average Bonchev–Trinajstić information content (AvgIpc) is 3.70. The van der Waals surface area contributed by atoms with Crippen LogP contribution in [-0.2, 0) is 6.18 Å². The van der Waals surface area contributed by atoms with Crippen molar-refractivity contribution < 1.29 is 35.8 Å². The third-order valence-electron chi connectivity index (χ3n) is 10.4. The van der Waals surface area contributed by atoms with E-state index in [0.29, 0.717) is 29.9 Å². The highest BCUT2D eigenvalue weighted by atomic mass is 32.1. The summed E-state index contributed by atoms with van der Waals surface area (Å²) in [5.74, 6) is -2.96. The number of hydrogen-bond acceptors (Lipinski definition) is 11. The largest absolute Gasteiger partial charge is 0.490 e. The van der Waals surface area contributed by atoms with Crippen molar-refractivity contribution in [1.82, 2.24) is 19.9 Å². The highest BCUT2D eigenvalue weighted by Crippen LogP contribution is 2.54. The normalized spacial score (nSPS) is 20.9. The number of benzene rings is 2. The predicted octanol–water partition coefficient (Wildman–Crippen LogP) is 7.15. The van der Waals surface area contributed by atoms with Crippen molar-refractivity contribution in [3.63, 3.8) is 0 Å². The number of rotatable bonds is 6. The van der Waals surface area contributed by atoms with E-state index in [0.717, 1.165) is 18.6 Å². The topological polar surface area (TPSA) is 139 Å². The molecule has 8 rings (SSSR count). The maximum absolute atomic E-state index is 17.4. The molecule has 0 radical (unpaired) electrons. The van der Waals surface area contributed by atoms with Crippen molar-refractivity contribution in [3.8, 4) is 29.0 Å². The molecule has 2 fully saturated rings. The Balaban J connectivity index is 1.41. The summed E-state index contributed by atoms with van der Waals surface area (Å²) in [6.07, 6.45) is -3.12. The van der Waals surface area contributed by atoms with E-state index in [1.54, 1.807) is 24.0 Å². The van der Waals surface area contributed by atoms with Crippen molar-refractivity contribution in [2.75, 3.05) is 49.2 Å². The SMILES string of the molecule is C[C@H](c1cccnc1N)N1CCOc2c(C(F)(F)F)c(-c3ccc(F)c4sc(N)c(C#N)c34)c(F)c3nc(OC[C@@]45CCCN4C[C@H](F)C5)nc1c23. The number of halogens is 6. The molecule has 0 saturated carbocycles. The van der Waals surface area contributed by atoms with Crippen LogP contribution in [-0.4, -0.2) is 64.4 Å². The summed E-state index contributed by atoms with van der Waals surface area (Å²) >= 11 is 0.666. The predicted molar refractivity (Wildman–Crippen MR) is 183 cm³/mol. The van der Waals surface area contributed by atoms with Gasteiger partial charge < -0.3 is 25.8 Å². The fourth-order valence-corrected chi connectivity index (χ4v) is 8.99. The first-order valence-electron chi connectivity index (χ1n) is 16.5. The van der Waals surface area contributed by atoms with Crippen LogP contribution in [0.1, 0.15) is 48.9 Å². The standard InChI is InChI=1S/C35H30F6N8O2S/c1-16(18-4-2-8-45-30(18)43)49-10-11-50-28-24-27(46-33(47-32(24)49)51-15-34-7-3-9-48(34)14-17(36)12-34)26(38)23(25(28)35(39,40)41)19-5-6-21(37)29-22(19)20(13-42)31(44)52-29/h2,4-6,8,16-17H,3,7,9-12,14-15,44H2,1H3,(H2,43,45)/t16-,17-,34+/m1/s1. The number of pyridine rings is 1. The van der Waals surface area contributed by atoms with E-state index in [1.165, 1.54) is 6.20 Å². The van der Waals surface area contributed by atoms with Gasteiger partial charge in [-0.15, -0.1) is 11.3 Å². The molecule has 0 amide bonds. The van der Waals surface area contributed by atoms with Gasteiger partial charge in [-0.3, -0.25) is 4.90 Å². The highest BCUT2D eigenvalue weighted by Gasteiger charge is 2.50. The summed E-state index contributed by atoms with van der Waals surface area (Å²) in [7, 11) is 0. The van der Waals surface area contributed by atoms with Gasteiger partial charge in [0.25, 0.3) is 0 Å². The number of thiophene rings is 1. The van der Waals surface area contributed by atoms with E-state index in [9.17, 15) is 9.65 Å². The van der Waals surface area contributed by atoms with Gasteiger partial charge in [0.05, 0.1) is 33.8 Å². The number of nitriles is 1. The lowest BCUT2D eigenvalue weighted by molar-refractivity contribution is -0.138. The van der Waals surface area contributed by atoms with E-state index >= 15 is 22.0 Å². The lowest BCUT2D eigenvalue weighted by atomic mass is 9.91. The molecule has 0 bridgehead atoms. The zero-order valence-corrected chi connectivity index (χ0v) is 28.3. The van der Waals surface area contributed by atoms with Gasteiger partial charge >= 0.3 is 12.2 Å². The number of ether oxygens (including phenoxy) is 2. The van der Waals surface area contributed by atoms with Gasteiger partial charge in [-0.2, -0.15) is 28.4 Å². The molecule has 17 heteroatoms. The molecule has 2 saturated heterocycles. The second-order valence-electron chi connectivity index (χ2n) is 13.3. The van der Waals surface area contributed by atoms with Gasteiger partial charge in [0, 0.05) is 35.7 Å². The van der Waals surface area contributed by atoms with E-state index in [-0.39, 0.29) is 76.4 Å². The van der Waals surface area contributed by atoms with Crippen molar-refractivity contribution in [2.24, 2.45) is 0 Å². The molecule has 3 aromatic heterocycles. The molecule has 270 valence electrons. The van der Waals surface area contributed by atoms with Gasteiger partial charge in [0.15, 0.2) is 5.82 Å². The van der Waals surface area contributed by atoms with Crippen LogP contribution in [0.5, 0.6) is 11.8 Å². The van der Waals surface area contributed by atoms with Gasteiger partial charge in [-0.25, -0.2) is 18.2 Å². The Hall–Kier alpha value is -5.08. The number of anilines is 3. The van der Waals surface area contributed by atoms with Crippen LogP contribution in [0.25, 0.3) is 32.1 Å². The Kier molecular flexibility index (Phi) is 8.03. The highest BCUT2D eigenvalue weighted by molar-refractivity contribution is 7.23. The molecule has 0 aliphatic carbocycles. The Labute approximate surface area is 296 Å². The summed E-state index contributed by atoms with van der Waals surface area (Å²) in [6, 6.07) is 6.07. The van der Waals surface area contributed by atoms with Crippen LogP contribution in [0, 0.1) is 23.0 Å². The first kappa shape index (κ1) is 34.0. The van der Waals surface area contributed by atoms with Crippen molar-refractivity contribution in [1.29, 1.82) is 5.26 Å². The van der Waals surface area contributed by atoms with Gasteiger partial charge in [0.2, 0.25) is 0 Å². The average molecular weight is 741 g/mol. The monoisotopic (exact) mass is 740 g/mol. The zero-order chi connectivity index (χ0) is 36.7. The summed E-state index contributed by atoms with van der Waals surface area (Å²) in [6.45, 7) is 2.30. The van der Waals surface area contributed by atoms with E-state index in [1.807, 2.05) is 11.0 Å². The molecular weight excluding hydrogens is 710 g/mol. The van der Waals surface area contributed by atoms with Crippen LogP contribution in [0.4, 0.5) is 43.0 Å². The zero-order valence-electron chi connectivity index (χ0n) is 27.5. The van der Waals surface area contributed by atoms with Crippen LogP contribution in [0.3, 0.4) is 0 Å². The molecule has 4 N–H and O–H groups in total. The minimum absolute atomic E-state index is 0.0222. The fraction of sp³-hybridized carbons (Fsp3) is 0.371. The number of nitrogens with zero attached hydrogens (tertiary/aromatic N) is 6. The number of nitrogen functional groups attached to an aromatic ring is 2. The van der Waals surface area contributed by atoms with Crippen molar-refractivity contribution in [2.45, 2.75) is 50.1 Å². The molecule has 3 aliphatic rings. The first-order chi connectivity index (χ1) is 24.8. The van der Waals surface area contributed by atoms with Crippen LogP contribution in [0.15, 0.2) is 30.5 Å². The van der Waals surface area contributed by atoms with Gasteiger partial charge in [-0.05, 0) is 44.0 Å². The number of fused-ring (bicyclic) bond motifs is 2. The van der Waals surface area contributed by atoms with E-state index < -0.39 is 63.5 Å². The second kappa shape index (κ2) is 12.3. The summed E-state index contributed by atoms with van der Waals surface area (Å²) in [4.78, 5) is 16.7. The second-order valence-corrected chi connectivity index (χ2v) is 14.3. The van der Waals surface area contributed by atoms with Gasteiger partial charge in [0.1, 0.15) is 64.7 Å². The number of aromatic nitrogens is 3. The van der Waals surface area contributed by atoms with Crippen molar-refractivity contribution in [3.05, 3.63) is 58.8 Å². The molecule has 0 unspecified atom stereocenters. The lowest BCUT2D eigenvalue weighted by Gasteiger charge is -2.32. The Morgan fingerprint density at radius 2 is 1.98 bits per heavy atom. The summed E-state index contributed by atoms with van der Waals surface area (Å²) in [5, 5.41) is 9.12. The van der Waals surface area contributed by atoms with E-state index in [4.69, 9.17) is 20.9 Å². The molecule has 2 aromatic carbocycles. The van der Waals surface area contributed by atoms with Gasteiger partial charge in [-0.1, -0.05) is 12.1 Å². The van der Waals surface area contributed by atoms with Crippen LogP contribution >= 0.6 is 11.3 Å². The number of alkyl halides is 4. The Bertz CT molecular complexity index is 2310. The Morgan fingerprint density at radius 3 is 2.73 bits per heavy atom. The first-order valence-corrected chi connectivity index (χ1v) is 17.3. The lowest BCUT2D eigenvalue weighted by Crippen LogP contribution is -2.43. The maximum Gasteiger partial charge on any atom is 0.420 e. The maximum atomic E-state index is 17.4. The molecular formula is C35H30F6N8O2S. The Morgan fingerprint density at radius 1 is 1.17 bits per heavy atom. The molecule has 0 spiro atoms. The summed E-state index contributed by atoms with van der Waals surface area (Å²) in [5.41, 5.74) is 8.32. The smallest absolute Gasteiger partial charge is 0.420 e. The minimum atomic E-state index is -5.23. The molecule has 6 heterocycles. The van der Waals surface area contributed by atoms with Crippen LogP contribution < -0.4 is 25.8 Å². The van der Waals surface area contributed by atoms with E-state index in [2.05, 4.69) is 15.0 Å². The third kappa shape index (κ3) is 5.21. The molecule has 3 atom stereocenters. The number of hydrogen-bond donors (Lipinski definition) is 2. The molecule has 10 nitrogen and oxygen atoms in total. The quantitative estimate of drug-likeness (QED) is 0.173. The fourth-order valence-electron chi connectivity index (χ4n) is 8.04. The minimum Gasteiger partial charge on any atom is -0.490 e. The van der Waals surface area contributed by atoms with Crippen LogP contribution in [0.2, 0.25) is 0 Å². The molecule has 3 aliphatic heterocycles. The van der Waals surface area contributed by atoms with Crippen molar-refractivity contribution >= 4 is 49.0 Å². The molecule has 52 heavy (non-hydrogen) atoms. The summed E-state index contributed by atoms with van der Waals surface area (Å²) < 4.78 is 105. The molecule has 5 aromatic rings. The number of nitrogens with two attached hydrogens (primary N) is 2. The third-order valence-corrected chi connectivity index (χ3v) is 11.4.